The fourth-order valence-corrected chi connectivity index (χ4v) is 2.32. The first-order valence-electron chi connectivity index (χ1n) is 6.20. The quantitative estimate of drug-likeness (QED) is 0.886. The van der Waals surface area contributed by atoms with E-state index in [4.69, 9.17) is 32.5 Å². The second-order valence-corrected chi connectivity index (χ2v) is 5.00. The van der Waals surface area contributed by atoms with Crippen LogP contribution in [0.5, 0.6) is 5.75 Å². The molecule has 0 aliphatic rings. The Bertz CT molecular complexity index is 587. The van der Waals surface area contributed by atoms with Gasteiger partial charge in [0.05, 0.1) is 5.02 Å². The topological polar surface area (TPSA) is 60.2 Å². The van der Waals surface area contributed by atoms with Crippen LogP contribution in [0, 0.1) is 0 Å². The number of ether oxygens (including phenoxy) is 1. The van der Waals surface area contributed by atoms with Crippen molar-refractivity contribution in [3.63, 3.8) is 0 Å². The Balaban J connectivity index is 2.15. The predicted molar refractivity (Wildman–Crippen MR) is 77.2 cm³/mol. The van der Waals surface area contributed by atoms with Crippen LogP contribution in [-0.2, 0) is 19.6 Å². The van der Waals surface area contributed by atoms with Gasteiger partial charge in [0, 0.05) is 23.6 Å². The molecule has 0 radical (unpaired) electrons. The largest absolute Gasteiger partial charge is 0.484 e. The van der Waals surface area contributed by atoms with Gasteiger partial charge in [-0.05, 0) is 19.2 Å². The number of aryl methyl sites for hydroxylation is 1. The second kappa shape index (κ2) is 6.92. The molecule has 0 aliphatic carbocycles. The Kier molecular flexibility index (Phi) is 5.23. The summed E-state index contributed by atoms with van der Waals surface area (Å²) in [6, 6.07) is 3.46. The molecule has 0 amide bonds. The highest BCUT2D eigenvalue weighted by atomic mass is 35.5. The van der Waals surface area contributed by atoms with Gasteiger partial charge in [0.1, 0.15) is 5.75 Å². The minimum atomic E-state index is 0.196. The van der Waals surface area contributed by atoms with Crippen molar-refractivity contribution in [3.8, 4) is 5.75 Å². The third-order valence-electron chi connectivity index (χ3n) is 2.61. The third-order valence-corrected chi connectivity index (χ3v) is 3.11. The van der Waals surface area contributed by atoms with Gasteiger partial charge in [-0.1, -0.05) is 35.3 Å². The van der Waals surface area contributed by atoms with E-state index in [0.717, 1.165) is 5.56 Å². The fourth-order valence-electron chi connectivity index (χ4n) is 1.73. The van der Waals surface area contributed by atoms with Crippen LogP contribution in [0.2, 0.25) is 10.0 Å². The van der Waals surface area contributed by atoms with E-state index in [1.807, 2.05) is 20.0 Å². The fraction of sp³-hybridized carbons (Fsp3) is 0.385. The maximum atomic E-state index is 6.17. The van der Waals surface area contributed by atoms with E-state index in [1.165, 1.54) is 0 Å². The highest BCUT2D eigenvalue weighted by Crippen LogP contribution is 2.32. The zero-order valence-electron chi connectivity index (χ0n) is 11.2. The van der Waals surface area contributed by atoms with E-state index < -0.39 is 0 Å². The molecule has 5 nitrogen and oxygen atoms in total. The molecule has 2 rings (SSSR count). The molecular formula is C13H15Cl2N3O2. The van der Waals surface area contributed by atoms with Crippen LogP contribution >= 0.6 is 23.2 Å². The molecule has 0 atom stereocenters. The van der Waals surface area contributed by atoms with Crippen molar-refractivity contribution >= 4 is 23.2 Å². The molecule has 108 valence electrons. The Morgan fingerprint density at radius 2 is 2.15 bits per heavy atom. The number of rotatable bonds is 6. The molecule has 7 heteroatoms. The predicted octanol–water partition coefficient (Wildman–Crippen LogP) is 3.24. The summed E-state index contributed by atoms with van der Waals surface area (Å²) in [7, 11) is 1.84. The van der Waals surface area contributed by atoms with E-state index >= 15 is 0 Å². The van der Waals surface area contributed by atoms with Crippen molar-refractivity contribution in [2.24, 2.45) is 0 Å². The summed E-state index contributed by atoms with van der Waals surface area (Å²) < 4.78 is 10.7. The summed E-state index contributed by atoms with van der Waals surface area (Å²) in [6.45, 7) is 2.74. The van der Waals surface area contributed by atoms with Crippen molar-refractivity contribution in [3.05, 3.63) is 39.5 Å². The lowest BCUT2D eigenvalue weighted by Crippen LogP contribution is -2.08. The third kappa shape index (κ3) is 3.62. The molecule has 1 aromatic heterocycles. The molecule has 0 unspecified atom stereocenters. The number of aromatic nitrogens is 2. The Hall–Kier alpha value is -1.30. The lowest BCUT2D eigenvalue weighted by atomic mass is 10.2. The van der Waals surface area contributed by atoms with E-state index in [1.54, 1.807) is 6.07 Å². The molecular weight excluding hydrogens is 301 g/mol. The molecule has 0 aliphatic heterocycles. The number of benzene rings is 1. The van der Waals surface area contributed by atoms with Crippen molar-refractivity contribution in [2.75, 3.05) is 7.05 Å². The average Bonchev–Trinajstić information content (AvgIpc) is 2.86. The minimum Gasteiger partial charge on any atom is -0.484 e. The molecule has 0 saturated carbocycles. The highest BCUT2D eigenvalue weighted by molar-refractivity contribution is 6.35. The van der Waals surface area contributed by atoms with Crippen LogP contribution < -0.4 is 10.1 Å². The normalized spacial score (nSPS) is 10.8. The standard InChI is InChI=1S/C13H15Cl2N3O2/c1-3-12-17-11(18-20-12)7-19-13-8(6-16-2)4-9(14)5-10(13)15/h4-5,16H,3,6-7H2,1-2H3. The molecule has 0 fully saturated rings. The van der Waals surface area contributed by atoms with Crippen LogP contribution in [0.3, 0.4) is 0 Å². The first-order valence-corrected chi connectivity index (χ1v) is 6.96. The summed E-state index contributed by atoms with van der Waals surface area (Å²) in [6.07, 6.45) is 0.694. The maximum absolute atomic E-state index is 6.17. The molecule has 1 aromatic carbocycles. The van der Waals surface area contributed by atoms with Gasteiger partial charge in [0.25, 0.3) is 0 Å². The lowest BCUT2D eigenvalue weighted by molar-refractivity contribution is 0.282. The van der Waals surface area contributed by atoms with Crippen LogP contribution in [0.25, 0.3) is 0 Å². The average molecular weight is 316 g/mol. The Morgan fingerprint density at radius 3 is 2.80 bits per heavy atom. The van der Waals surface area contributed by atoms with Crippen molar-refractivity contribution in [1.82, 2.24) is 15.5 Å². The molecule has 0 spiro atoms. The number of hydrogen-bond donors (Lipinski definition) is 1. The number of nitrogens with one attached hydrogen (secondary N) is 1. The van der Waals surface area contributed by atoms with Crippen LogP contribution in [0.15, 0.2) is 16.7 Å². The molecule has 2 aromatic rings. The Morgan fingerprint density at radius 1 is 1.35 bits per heavy atom. The summed E-state index contributed by atoms with van der Waals surface area (Å²) in [4.78, 5) is 4.18. The first-order chi connectivity index (χ1) is 9.63. The number of hydrogen-bond acceptors (Lipinski definition) is 5. The van der Waals surface area contributed by atoms with Gasteiger partial charge in [0.2, 0.25) is 11.7 Å². The SMILES string of the molecule is CCc1nc(COc2c(Cl)cc(Cl)cc2CNC)no1. The molecule has 0 saturated heterocycles. The van der Waals surface area contributed by atoms with Gasteiger partial charge in [0.15, 0.2) is 6.61 Å². The van der Waals surface area contributed by atoms with Crippen molar-refractivity contribution < 1.29 is 9.26 Å². The van der Waals surface area contributed by atoms with Gasteiger partial charge in [-0.2, -0.15) is 4.98 Å². The smallest absolute Gasteiger partial charge is 0.226 e. The van der Waals surface area contributed by atoms with Crippen LogP contribution in [0.1, 0.15) is 24.2 Å². The van der Waals surface area contributed by atoms with Crippen molar-refractivity contribution in [2.45, 2.75) is 26.5 Å². The zero-order chi connectivity index (χ0) is 14.5. The summed E-state index contributed by atoms with van der Waals surface area (Å²) >= 11 is 12.2. The second-order valence-electron chi connectivity index (χ2n) is 4.15. The minimum absolute atomic E-state index is 0.196. The maximum Gasteiger partial charge on any atom is 0.226 e. The lowest BCUT2D eigenvalue weighted by Gasteiger charge is -2.12. The van der Waals surface area contributed by atoms with E-state index in [9.17, 15) is 0 Å². The van der Waals surface area contributed by atoms with Crippen molar-refractivity contribution in [1.29, 1.82) is 0 Å². The summed E-state index contributed by atoms with van der Waals surface area (Å²) in [5.41, 5.74) is 0.879. The van der Waals surface area contributed by atoms with Crippen LogP contribution in [-0.4, -0.2) is 17.2 Å². The monoisotopic (exact) mass is 315 g/mol. The molecule has 20 heavy (non-hydrogen) atoms. The summed E-state index contributed by atoms with van der Waals surface area (Å²) in [5.74, 6) is 1.65. The molecule has 1 heterocycles. The van der Waals surface area contributed by atoms with Gasteiger partial charge < -0.3 is 14.6 Å². The van der Waals surface area contributed by atoms with E-state index in [2.05, 4.69) is 15.5 Å². The highest BCUT2D eigenvalue weighted by Gasteiger charge is 2.12. The van der Waals surface area contributed by atoms with Gasteiger partial charge in [-0.3, -0.25) is 0 Å². The van der Waals surface area contributed by atoms with Gasteiger partial charge in [-0.15, -0.1) is 0 Å². The zero-order valence-corrected chi connectivity index (χ0v) is 12.8. The number of halogens is 2. The summed E-state index contributed by atoms with van der Waals surface area (Å²) in [5, 5.41) is 7.90. The van der Waals surface area contributed by atoms with E-state index in [-0.39, 0.29) is 6.61 Å². The van der Waals surface area contributed by atoms with Gasteiger partial charge >= 0.3 is 0 Å². The van der Waals surface area contributed by atoms with Gasteiger partial charge in [-0.25, -0.2) is 0 Å². The molecule has 1 N–H and O–H groups in total. The van der Waals surface area contributed by atoms with E-state index in [0.29, 0.717) is 40.5 Å². The first kappa shape index (κ1) is 15.1. The molecule has 0 bridgehead atoms. The number of nitrogens with zero attached hydrogens (tertiary/aromatic N) is 2. The van der Waals surface area contributed by atoms with Crippen LogP contribution in [0.4, 0.5) is 0 Å². The Labute approximate surface area is 127 Å².